The Morgan fingerprint density at radius 2 is 1.79 bits per heavy atom. The third-order valence-corrected chi connectivity index (χ3v) is 6.05. The summed E-state index contributed by atoms with van der Waals surface area (Å²) < 4.78 is 26.0. The summed E-state index contributed by atoms with van der Waals surface area (Å²) in [5.74, 6) is 1.26. The molecule has 0 saturated carbocycles. The summed E-state index contributed by atoms with van der Waals surface area (Å²) in [6.07, 6.45) is 0.568. The van der Waals surface area contributed by atoms with Crippen molar-refractivity contribution in [1.82, 2.24) is 10.2 Å². The number of nitrogens with zero attached hydrogens (tertiary/aromatic N) is 1. The van der Waals surface area contributed by atoms with Crippen LogP contribution in [0.25, 0.3) is 0 Å². The number of likely N-dealkylation sites (tertiary alicyclic amines) is 1. The lowest BCUT2D eigenvalue weighted by molar-refractivity contribution is 0.0781. The molecule has 1 amide bonds. The molecule has 2 atom stereocenters. The van der Waals surface area contributed by atoms with Gasteiger partial charge in [0.2, 0.25) is 10.0 Å². The minimum absolute atomic E-state index is 0. The van der Waals surface area contributed by atoms with Gasteiger partial charge < -0.3 is 10.2 Å². The summed E-state index contributed by atoms with van der Waals surface area (Å²) in [6.45, 7) is 5.42. The Kier molecular flexibility index (Phi) is 6.11. The van der Waals surface area contributed by atoms with Crippen molar-refractivity contribution in [3.8, 4) is 0 Å². The number of carbonyl (C=O) groups excluding carboxylic acids is 1. The van der Waals surface area contributed by atoms with Crippen LogP contribution in [0.1, 0.15) is 23.7 Å². The van der Waals surface area contributed by atoms with Crippen molar-refractivity contribution in [1.29, 1.82) is 0 Å². The average Bonchev–Trinajstić information content (AvgIpc) is 3.08. The van der Waals surface area contributed by atoms with E-state index in [1.807, 2.05) is 11.8 Å². The minimum atomic E-state index is -3.30. The largest absolute Gasteiger partial charge is 0.338 e. The maximum Gasteiger partial charge on any atom is 0.253 e. The number of anilines is 1. The molecule has 0 aliphatic carbocycles. The van der Waals surface area contributed by atoms with E-state index in [-0.39, 0.29) is 24.1 Å². The zero-order chi connectivity index (χ0) is 16.4. The van der Waals surface area contributed by atoms with E-state index in [4.69, 9.17) is 0 Å². The summed E-state index contributed by atoms with van der Waals surface area (Å²) in [4.78, 5) is 14.5. The Balaban J connectivity index is 0.00000208. The average molecular weight is 374 g/mol. The molecule has 3 rings (SSSR count). The van der Waals surface area contributed by atoms with E-state index in [0.29, 0.717) is 29.5 Å². The Morgan fingerprint density at radius 1 is 1.21 bits per heavy atom. The first-order valence-corrected chi connectivity index (χ1v) is 9.74. The van der Waals surface area contributed by atoms with Crippen LogP contribution in [0.5, 0.6) is 0 Å². The molecule has 2 aliphatic heterocycles. The van der Waals surface area contributed by atoms with Crippen LogP contribution < -0.4 is 10.0 Å². The van der Waals surface area contributed by atoms with Crippen molar-refractivity contribution < 1.29 is 13.2 Å². The van der Waals surface area contributed by atoms with E-state index in [1.54, 1.807) is 24.3 Å². The van der Waals surface area contributed by atoms with Gasteiger partial charge in [0, 0.05) is 37.4 Å². The highest BCUT2D eigenvalue weighted by Gasteiger charge is 2.38. The van der Waals surface area contributed by atoms with Gasteiger partial charge in [-0.05, 0) is 42.5 Å². The highest BCUT2D eigenvalue weighted by atomic mass is 35.5. The Bertz CT molecular complexity index is 666. The van der Waals surface area contributed by atoms with Gasteiger partial charge in [-0.15, -0.1) is 12.4 Å². The van der Waals surface area contributed by atoms with Gasteiger partial charge in [-0.25, -0.2) is 8.42 Å². The number of carbonyl (C=O) groups is 1. The van der Waals surface area contributed by atoms with E-state index in [9.17, 15) is 13.2 Å². The third-order valence-electron chi connectivity index (χ3n) is 4.55. The predicted octanol–water partition coefficient (Wildman–Crippen LogP) is 1.55. The first kappa shape index (κ1) is 19.0. The van der Waals surface area contributed by atoms with Crippen LogP contribution in [-0.4, -0.2) is 51.2 Å². The molecule has 24 heavy (non-hydrogen) atoms. The zero-order valence-corrected chi connectivity index (χ0v) is 15.3. The van der Waals surface area contributed by atoms with Crippen LogP contribution in [0.2, 0.25) is 0 Å². The Morgan fingerprint density at radius 3 is 2.33 bits per heavy atom. The van der Waals surface area contributed by atoms with Crippen molar-refractivity contribution in [2.75, 3.05) is 36.7 Å². The SMILES string of the molecule is CCCS(=O)(=O)Nc1ccc(C(=O)N2C[C@H]3CNC[C@H]3C2)cc1.Cl. The number of fused-ring (bicyclic) bond motifs is 1. The van der Waals surface area contributed by atoms with Gasteiger partial charge in [0.05, 0.1) is 5.75 Å². The van der Waals surface area contributed by atoms with Crippen LogP contribution in [0.3, 0.4) is 0 Å². The number of hydrogen-bond acceptors (Lipinski definition) is 4. The number of benzene rings is 1. The number of hydrogen-bond donors (Lipinski definition) is 2. The number of amides is 1. The standard InChI is InChI=1S/C16H23N3O3S.ClH/c1-2-7-23(21,22)18-15-5-3-12(4-6-15)16(20)19-10-13-8-17-9-14(13)11-19;/h3-6,13-14,17-18H,2,7-11H2,1H3;1H/t13-,14+;. The molecule has 0 spiro atoms. The molecule has 1 aromatic rings. The van der Waals surface area contributed by atoms with Gasteiger partial charge >= 0.3 is 0 Å². The van der Waals surface area contributed by atoms with E-state index in [1.165, 1.54) is 0 Å². The van der Waals surface area contributed by atoms with Gasteiger partial charge in [0.15, 0.2) is 0 Å². The molecule has 134 valence electrons. The Labute approximate surface area is 149 Å². The molecule has 8 heteroatoms. The van der Waals surface area contributed by atoms with Gasteiger partial charge in [-0.2, -0.15) is 0 Å². The van der Waals surface area contributed by atoms with Gasteiger partial charge in [-0.3, -0.25) is 9.52 Å². The normalized spacial score (nSPS) is 22.8. The van der Waals surface area contributed by atoms with Crippen LogP contribution >= 0.6 is 12.4 Å². The molecule has 0 unspecified atom stereocenters. The van der Waals surface area contributed by atoms with Crippen LogP contribution in [0, 0.1) is 11.8 Å². The molecule has 2 N–H and O–H groups in total. The molecule has 2 saturated heterocycles. The fourth-order valence-corrected chi connectivity index (χ4v) is 4.52. The van der Waals surface area contributed by atoms with E-state index in [0.717, 1.165) is 26.2 Å². The molecule has 2 aliphatic rings. The van der Waals surface area contributed by atoms with Gasteiger partial charge in [-0.1, -0.05) is 6.92 Å². The van der Waals surface area contributed by atoms with Crippen molar-refractivity contribution in [2.45, 2.75) is 13.3 Å². The number of sulfonamides is 1. The van der Waals surface area contributed by atoms with Crippen molar-refractivity contribution in [2.24, 2.45) is 11.8 Å². The van der Waals surface area contributed by atoms with Gasteiger partial charge in [0.1, 0.15) is 0 Å². The van der Waals surface area contributed by atoms with Crippen LogP contribution in [0.15, 0.2) is 24.3 Å². The van der Waals surface area contributed by atoms with E-state index < -0.39 is 10.0 Å². The monoisotopic (exact) mass is 373 g/mol. The van der Waals surface area contributed by atoms with Crippen molar-refractivity contribution in [3.63, 3.8) is 0 Å². The molecule has 2 heterocycles. The smallest absolute Gasteiger partial charge is 0.253 e. The van der Waals surface area contributed by atoms with Gasteiger partial charge in [0.25, 0.3) is 5.91 Å². The lowest BCUT2D eigenvalue weighted by Gasteiger charge is -2.17. The number of rotatable bonds is 5. The summed E-state index contributed by atoms with van der Waals surface area (Å²) in [5, 5.41) is 3.36. The van der Waals surface area contributed by atoms with E-state index in [2.05, 4.69) is 10.0 Å². The van der Waals surface area contributed by atoms with Crippen LogP contribution in [0.4, 0.5) is 5.69 Å². The van der Waals surface area contributed by atoms with Crippen molar-refractivity contribution >= 4 is 34.0 Å². The molecule has 0 bridgehead atoms. The molecule has 6 nitrogen and oxygen atoms in total. The second kappa shape index (κ2) is 7.72. The summed E-state index contributed by atoms with van der Waals surface area (Å²) in [6, 6.07) is 6.69. The number of halogens is 1. The maximum absolute atomic E-state index is 12.5. The quantitative estimate of drug-likeness (QED) is 0.820. The van der Waals surface area contributed by atoms with E-state index >= 15 is 0 Å². The highest BCUT2D eigenvalue weighted by Crippen LogP contribution is 2.27. The van der Waals surface area contributed by atoms with Crippen molar-refractivity contribution in [3.05, 3.63) is 29.8 Å². The molecular weight excluding hydrogens is 350 g/mol. The summed E-state index contributed by atoms with van der Waals surface area (Å²) in [5.41, 5.74) is 1.11. The Hall–Kier alpha value is -1.31. The first-order valence-electron chi connectivity index (χ1n) is 8.09. The lowest BCUT2D eigenvalue weighted by Crippen LogP contribution is -2.31. The fraction of sp³-hybridized carbons (Fsp3) is 0.562. The zero-order valence-electron chi connectivity index (χ0n) is 13.7. The fourth-order valence-electron chi connectivity index (χ4n) is 3.38. The summed E-state index contributed by atoms with van der Waals surface area (Å²) >= 11 is 0. The molecule has 1 aromatic carbocycles. The molecule has 0 radical (unpaired) electrons. The summed E-state index contributed by atoms with van der Waals surface area (Å²) in [7, 11) is -3.30. The number of nitrogens with one attached hydrogen (secondary N) is 2. The second-order valence-electron chi connectivity index (χ2n) is 6.39. The highest BCUT2D eigenvalue weighted by molar-refractivity contribution is 7.92. The predicted molar refractivity (Wildman–Crippen MR) is 97.1 cm³/mol. The molecular formula is C16H24ClN3O3S. The second-order valence-corrected chi connectivity index (χ2v) is 8.23. The molecule has 2 fully saturated rings. The maximum atomic E-state index is 12.5. The minimum Gasteiger partial charge on any atom is -0.338 e. The topological polar surface area (TPSA) is 78.5 Å². The first-order chi connectivity index (χ1) is 11.0. The third kappa shape index (κ3) is 4.20. The molecule has 0 aromatic heterocycles. The van der Waals surface area contributed by atoms with Crippen LogP contribution in [-0.2, 0) is 10.0 Å². The lowest BCUT2D eigenvalue weighted by atomic mass is 10.0.